The zero-order chi connectivity index (χ0) is 15.4. The first-order valence-electron chi connectivity index (χ1n) is 7.29. The highest BCUT2D eigenvalue weighted by Gasteiger charge is 2.25. The summed E-state index contributed by atoms with van der Waals surface area (Å²) in [7, 11) is 1.68. The lowest BCUT2D eigenvalue weighted by atomic mass is 10.0. The molecule has 1 unspecified atom stereocenters. The van der Waals surface area contributed by atoms with Gasteiger partial charge in [0.2, 0.25) is 11.8 Å². The number of benzene rings is 1. The molecule has 1 atom stereocenters. The van der Waals surface area contributed by atoms with Crippen molar-refractivity contribution in [3.63, 3.8) is 0 Å². The summed E-state index contributed by atoms with van der Waals surface area (Å²) in [5, 5.41) is 9.08. The standard InChI is InChI=1S/C16H22N2O3/c1-12(11-19)17(2)15(20)9-10-18-14-6-4-3-5-13(14)7-8-16(18)21/h3-6,12,19H,7-11H2,1-2H3. The van der Waals surface area contributed by atoms with Crippen LogP contribution in [0.4, 0.5) is 5.69 Å². The van der Waals surface area contributed by atoms with Gasteiger partial charge >= 0.3 is 0 Å². The molecule has 1 heterocycles. The Kier molecular flexibility index (Phi) is 4.96. The summed E-state index contributed by atoms with van der Waals surface area (Å²) in [6, 6.07) is 7.62. The Morgan fingerprint density at radius 1 is 1.38 bits per heavy atom. The highest BCUT2D eigenvalue weighted by Crippen LogP contribution is 2.27. The number of amides is 2. The fourth-order valence-electron chi connectivity index (χ4n) is 2.49. The van der Waals surface area contributed by atoms with Crippen molar-refractivity contribution in [2.45, 2.75) is 32.2 Å². The van der Waals surface area contributed by atoms with E-state index in [1.54, 1.807) is 18.9 Å². The van der Waals surface area contributed by atoms with E-state index in [1.165, 1.54) is 4.90 Å². The second kappa shape index (κ2) is 6.72. The maximum Gasteiger partial charge on any atom is 0.227 e. The summed E-state index contributed by atoms with van der Waals surface area (Å²) in [4.78, 5) is 27.4. The van der Waals surface area contributed by atoms with E-state index in [0.717, 1.165) is 17.7 Å². The Hall–Kier alpha value is -1.88. The van der Waals surface area contributed by atoms with Crippen LogP contribution in [0, 0.1) is 0 Å². The van der Waals surface area contributed by atoms with Crippen LogP contribution in [0.15, 0.2) is 24.3 Å². The number of aliphatic hydroxyl groups excluding tert-OH is 1. The first-order chi connectivity index (χ1) is 10.0. The minimum absolute atomic E-state index is 0.0618. The molecule has 21 heavy (non-hydrogen) atoms. The highest BCUT2D eigenvalue weighted by molar-refractivity contribution is 5.96. The third kappa shape index (κ3) is 3.42. The monoisotopic (exact) mass is 290 g/mol. The topological polar surface area (TPSA) is 60.9 Å². The van der Waals surface area contributed by atoms with Gasteiger partial charge in [0.25, 0.3) is 0 Å². The van der Waals surface area contributed by atoms with Crippen LogP contribution >= 0.6 is 0 Å². The lowest BCUT2D eigenvalue weighted by molar-refractivity contribution is -0.132. The van der Waals surface area contributed by atoms with Gasteiger partial charge in [-0.1, -0.05) is 18.2 Å². The van der Waals surface area contributed by atoms with Crippen LogP contribution in [0.25, 0.3) is 0 Å². The van der Waals surface area contributed by atoms with Crippen LogP contribution in [0.1, 0.15) is 25.3 Å². The Morgan fingerprint density at radius 3 is 2.81 bits per heavy atom. The molecule has 114 valence electrons. The van der Waals surface area contributed by atoms with Crippen molar-refractivity contribution in [2.75, 3.05) is 25.1 Å². The predicted octanol–water partition coefficient (Wildman–Crippen LogP) is 1.20. The SMILES string of the molecule is CC(CO)N(C)C(=O)CCN1C(=O)CCc2ccccc21. The van der Waals surface area contributed by atoms with Crippen LogP contribution in [-0.2, 0) is 16.0 Å². The molecule has 0 aliphatic carbocycles. The molecule has 0 saturated heterocycles. The van der Waals surface area contributed by atoms with Crippen LogP contribution < -0.4 is 4.90 Å². The van der Waals surface area contributed by atoms with Crippen molar-refractivity contribution < 1.29 is 14.7 Å². The number of rotatable bonds is 5. The molecule has 0 spiro atoms. The van der Waals surface area contributed by atoms with E-state index in [-0.39, 0.29) is 30.9 Å². The Balaban J connectivity index is 2.03. The number of hydrogen-bond donors (Lipinski definition) is 1. The van der Waals surface area contributed by atoms with Crippen LogP contribution in [0.2, 0.25) is 0 Å². The lowest BCUT2D eigenvalue weighted by Gasteiger charge is -2.30. The van der Waals surface area contributed by atoms with Crippen molar-refractivity contribution in [3.05, 3.63) is 29.8 Å². The maximum atomic E-state index is 12.1. The zero-order valence-corrected chi connectivity index (χ0v) is 12.6. The van der Waals surface area contributed by atoms with Crippen molar-refractivity contribution in [1.82, 2.24) is 4.90 Å². The summed E-state index contributed by atoms with van der Waals surface area (Å²) in [6.45, 7) is 2.12. The molecule has 0 fully saturated rings. The van der Waals surface area contributed by atoms with E-state index in [9.17, 15) is 9.59 Å². The van der Waals surface area contributed by atoms with Crippen molar-refractivity contribution in [3.8, 4) is 0 Å². The van der Waals surface area contributed by atoms with Gasteiger partial charge in [0.1, 0.15) is 0 Å². The van der Waals surface area contributed by atoms with Crippen molar-refractivity contribution >= 4 is 17.5 Å². The first-order valence-corrected chi connectivity index (χ1v) is 7.29. The van der Waals surface area contributed by atoms with Gasteiger partial charge in [-0.05, 0) is 25.0 Å². The molecule has 0 radical (unpaired) electrons. The minimum atomic E-state index is -0.207. The number of aryl methyl sites for hydroxylation is 1. The zero-order valence-electron chi connectivity index (χ0n) is 12.6. The molecule has 0 saturated carbocycles. The summed E-state index contributed by atoms with van der Waals surface area (Å²) in [6.07, 6.45) is 1.52. The summed E-state index contributed by atoms with van der Waals surface area (Å²) in [5.41, 5.74) is 2.07. The van der Waals surface area contributed by atoms with Gasteiger partial charge < -0.3 is 14.9 Å². The number of nitrogens with zero attached hydrogens (tertiary/aromatic N) is 2. The fraction of sp³-hybridized carbons (Fsp3) is 0.500. The first kappa shape index (κ1) is 15.5. The minimum Gasteiger partial charge on any atom is -0.394 e. The van der Waals surface area contributed by atoms with E-state index in [1.807, 2.05) is 24.3 Å². The normalized spacial score (nSPS) is 15.6. The number of hydrogen-bond acceptors (Lipinski definition) is 3. The molecule has 1 aromatic carbocycles. The van der Waals surface area contributed by atoms with Crippen LogP contribution in [0.5, 0.6) is 0 Å². The maximum absolute atomic E-state index is 12.1. The third-order valence-corrected chi connectivity index (χ3v) is 4.06. The molecule has 1 aromatic rings. The van der Waals surface area contributed by atoms with Crippen molar-refractivity contribution in [2.24, 2.45) is 0 Å². The molecule has 1 N–H and O–H groups in total. The summed E-state index contributed by atoms with van der Waals surface area (Å²) in [5.74, 6) is 0.00626. The number of likely N-dealkylation sites (N-methyl/N-ethyl adjacent to an activating group) is 1. The smallest absolute Gasteiger partial charge is 0.227 e. The van der Waals surface area contributed by atoms with E-state index in [2.05, 4.69) is 0 Å². The van der Waals surface area contributed by atoms with Gasteiger partial charge in [-0.2, -0.15) is 0 Å². The molecule has 2 rings (SSSR count). The van der Waals surface area contributed by atoms with Gasteiger partial charge in [0.15, 0.2) is 0 Å². The molecule has 5 heteroatoms. The molecule has 5 nitrogen and oxygen atoms in total. The highest BCUT2D eigenvalue weighted by atomic mass is 16.3. The average Bonchev–Trinajstić information content (AvgIpc) is 2.52. The molecule has 2 amide bonds. The van der Waals surface area contributed by atoms with Gasteiger partial charge in [-0.25, -0.2) is 0 Å². The second-order valence-corrected chi connectivity index (χ2v) is 5.46. The number of para-hydroxylation sites is 1. The molecule has 0 aromatic heterocycles. The Bertz CT molecular complexity index is 530. The largest absolute Gasteiger partial charge is 0.394 e. The van der Waals surface area contributed by atoms with Gasteiger partial charge in [-0.15, -0.1) is 0 Å². The Labute approximate surface area is 125 Å². The molecule has 1 aliphatic rings. The van der Waals surface area contributed by atoms with E-state index < -0.39 is 0 Å². The van der Waals surface area contributed by atoms with Gasteiger partial charge in [-0.3, -0.25) is 9.59 Å². The van der Waals surface area contributed by atoms with Gasteiger partial charge in [0.05, 0.1) is 12.6 Å². The molecular formula is C16H22N2O3. The number of carbonyl (C=O) groups excluding carboxylic acids is 2. The van der Waals surface area contributed by atoms with E-state index >= 15 is 0 Å². The molecule has 0 bridgehead atoms. The Morgan fingerprint density at radius 2 is 2.10 bits per heavy atom. The number of anilines is 1. The predicted molar refractivity (Wildman–Crippen MR) is 81.1 cm³/mol. The van der Waals surface area contributed by atoms with Crippen molar-refractivity contribution in [1.29, 1.82) is 0 Å². The second-order valence-electron chi connectivity index (χ2n) is 5.46. The number of aliphatic hydroxyl groups is 1. The van der Waals surface area contributed by atoms with E-state index in [4.69, 9.17) is 5.11 Å². The summed E-state index contributed by atoms with van der Waals surface area (Å²) >= 11 is 0. The molecule has 1 aliphatic heterocycles. The van der Waals surface area contributed by atoms with Crippen LogP contribution in [-0.4, -0.2) is 48.1 Å². The van der Waals surface area contributed by atoms with Gasteiger partial charge in [0, 0.05) is 32.1 Å². The number of carbonyl (C=O) groups is 2. The van der Waals surface area contributed by atoms with E-state index in [0.29, 0.717) is 13.0 Å². The fourth-order valence-corrected chi connectivity index (χ4v) is 2.49. The molecular weight excluding hydrogens is 268 g/mol. The average molecular weight is 290 g/mol. The third-order valence-electron chi connectivity index (χ3n) is 4.06. The quantitative estimate of drug-likeness (QED) is 0.886. The van der Waals surface area contributed by atoms with Crippen LogP contribution in [0.3, 0.4) is 0 Å². The summed E-state index contributed by atoms with van der Waals surface area (Å²) < 4.78 is 0. The number of fused-ring (bicyclic) bond motifs is 1. The lowest BCUT2D eigenvalue weighted by Crippen LogP contribution is -2.41.